The van der Waals surface area contributed by atoms with E-state index in [0.717, 1.165) is 35.9 Å². The number of carbonyl (C=O) groups is 1. The van der Waals surface area contributed by atoms with Crippen LogP contribution in [0.1, 0.15) is 71.6 Å². The predicted octanol–water partition coefficient (Wildman–Crippen LogP) is 4.28. The summed E-state index contributed by atoms with van der Waals surface area (Å²) in [5, 5.41) is 12.4. The Morgan fingerprint density at radius 2 is 1.93 bits per heavy atom. The van der Waals surface area contributed by atoms with E-state index >= 15 is 0 Å². The summed E-state index contributed by atoms with van der Waals surface area (Å²) in [6, 6.07) is 0.293. The number of nitrogens with one attached hydrogen (secondary N) is 1. The summed E-state index contributed by atoms with van der Waals surface area (Å²) < 4.78 is 2.08. The molecule has 4 saturated carbocycles. The number of carbonyl (C=O) groups excluding carboxylic acids is 1. The van der Waals surface area contributed by atoms with E-state index < -0.39 is 0 Å². The van der Waals surface area contributed by atoms with Crippen LogP contribution in [0.5, 0.6) is 0 Å². The molecule has 1 aromatic heterocycles. The van der Waals surface area contributed by atoms with E-state index in [0.29, 0.717) is 17.2 Å². The van der Waals surface area contributed by atoms with Gasteiger partial charge in [-0.3, -0.25) is 4.79 Å². The van der Waals surface area contributed by atoms with E-state index in [1.54, 1.807) is 6.33 Å². The third kappa shape index (κ3) is 4.20. The van der Waals surface area contributed by atoms with Crippen molar-refractivity contribution in [3.05, 3.63) is 6.33 Å². The van der Waals surface area contributed by atoms with Crippen LogP contribution in [0.2, 0.25) is 0 Å². The Labute approximate surface area is 167 Å². The van der Waals surface area contributed by atoms with E-state index in [1.807, 2.05) is 0 Å². The number of nitrogens with zero attached hydrogens (tertiary/aromatic N) is 3. The van der Waals surface area contributed by atoms with Crippen molar-refractivity contribution >= 4 is 17.7 Å². The highest BCUT2D eigenvalue weighted by molar-refractivity contribution is 7.99. The zero-order valence-corrected chi connectivity index (χ0v) is 17.6. The molecule has 4 bridgehead atoms. The van der Waals surface area contributed by atoms with Gasteiger partial charge in [-0.05, 0) is 75.0 Å². The molecule has 0 unspecified atom stereocenters. The van der Waals surface area contributed by atoms with Crippen molar-refractivity contribution in [2.75, 3.05) is 5.75 Å². The smallest absolute Gasteiger partial charge is 0.230 e. The van der Waals surface area contributed by atoms with Gasteiger partial charge in [-0.15, -0.1) is 10.2 Å². The summed E-state index contributed by atoms with van der Waals surface area (Å²) in [5.74, 6) is 3.35. The van der Waals surface area contributed by atoms with Crippen LogP contribution in [-0.4, -0.2) is 32.5 Å². The third-order valence-electron chi connectivity index (χ3n) is 7.30. The number of unbranched alkanes of at least 4 members (excludes halogenated alkanes) is 2. The van der Waals surface area contributed by atoms with Gasteiger partial charge in [0, 0.05) is 12.6 Å². The molecular formula is C21H34N4OS. The Morgan fingerprint density at radius 1 is 1.26 bits per heavy atom. The zero-order chi connectivity index (χ0) is 18.9. The van der Waals surface area contributed by atoms with Crippen LogP contribution in [0, 0.1) is 23.2 Å². The minimum atomic E-state index is 0.145. The van der Waals surface area contributed by atoms with Crippen molar-refractivity contribution in [3.63, 3.8) is 0 Å². The van der Waals surface area contributed by atoms with E-state index in [1.165, 1.54) is 63.1 Å². The molecule has 0 radical (unpaired) electrons. The predicted molar refractivity (Wildman–Crippen MR) is 108 cm³/mol. The SMILES string of the molecule is CCCCCn1cnnc1SCC(=O)N[C@H](C)C12CC3CC(CC(C3)C1)C2. The van der Waals surface area contributed by atoms with Crippen LogP contribution in [0.4, 0.5) is 0 Å². The summed E-state index contributed by atoms with van der Waals surface area (Å²) in [4.78, 5) is 12.6. The highest BCUT2D eigenvalue weighted by atomic mass is 32.2. The monoisotopic (exact) mass is 390 g/mol. The van der Waals surface area contributed by atoms with Crippen molar-refractivity contribution in [2.24, 2.45) is 23.2 Å². The van der Waals surface area contributed by atoms with Crippen molar-refractivity contribution in [2.45, 2.75) is 89.4 Å². The van der Waals surface area contributed by atoms with Gasteiger partial charge in [0.05, 0.1) is 5.75 Å². The van der Waals surface area contributed by atoms with Gasteiger partial charge in [-0.25, -0.2) is 0 Å². The molecule has 5 rings (SSSR count). The first-order chi connectivity index (χ1) is 13.1. The molecule has 0 aromatic carbocycles. The molecule has 1 atom stereocenters. The Hall–Kier alpha value is -1.04. The van der Waals surface area contributed by atoms with Crippen LogP contribution in [-0.2, 0) is 11.3 Å². The van der Waals surface area contributed by atoms with E-state index in [4.69, 9.17) is 0 Å². The summed E-state index contributed by atoms with van der Waals surface area (Å²) >= 11 is 1.52. The molecule has 0 spiro atoms. The fraction of sp³-hybridized carbons (Fsp3) is 0.857. The van der Waals surface area contributed by atoms with Gasteiger partial charge in [0.1, 0.15) is 6.33 Å². The quantitative estimate of drug-likeness (QED) is 0.505. The lowest BCUT2D eigenvalue weighted by Gasteiger charge is -2.59. The minimum Gasteiger partial charge on any atom is -0.352 e. The molecule has 0 saturated heterocycles. The molecule has 0 aliphatic heterocycles. The maximum Gasteiger partial charge on any atom is 0.230 e. The minimum absolute atomic E-state index is 0.145. The van der Waals surface area contributed by atoms with Gasteiger partial charge in [-0.2, -0.15) is 0 Å². The summed E-state index contributed by atoms with van der Waals surface area (Å²) in [5.41, 5.74) is 0.370. The van der Waals surface area contributed by atoms with Gasteiger partial charge < -0.3 is 9.88 Å². The van der Waals surface area contributed by atoms with Crippen molar-refractivity contribution in [1.29, 1.82) is 0 Å². The standard InChI is InChI=1S/C21H34N4OS/c1-3-4-5-6-25-14-22-24-20(25)27-13-19(26)23-15(2)21-10-16-7-17(11-21)9-18(8-16)12-21/h14-18H,3-13H2,1-2H3,(H,23,26)/t15-,16?,17?,18?,21?/m1/s1. The first-order valence-electron chi connectivity index (χ1n) is 10.9. The average molecular weight is 391 g/mol. The molecule has 1 heterocycles. The van der Waals surface area contributed by atoms with Crippen molar-refractivity contribution in [3.8, 4) is 0 Å². The topological polar surface area (TPSA) is 59.8 Å². The van der Waals surface area contributed by atoms with Gasteiger partial charge in [0.2, 0.25) is 5.91 Å². The fourth-order valence-electron chi connectivity index (χ4n) is 6.32. The molecular weight excluding hydrogens is 356 g/mol. The Balaban J connectivity index is 1.28. The van der Waals surface area contributed by atoms with E-state index in [2.05, 4.69) is 33.9 Å². The summed E-state index contributed by atoms with van der Waals surface area (Å²) in [6.07, 6.45) is 13.7. The number of thioether (sulfide) groups is 1. The molecule has 1 N–H and O–H groups in total. The molecule has 5 nitrogen and oxygen atoms in total. The lowest BCUT2D eigenvalue weighted by Crippen LogP contribution is -2.56. The Kier molecular flexibility index (Phi) is 5.81. The van der Waals surface area contributed by atoms with E-state index in [9.17, 15) is 4.79 Å². The van der Waals surface area contributed by atoms with Gasteiger partial charge in [0.15, 0.2) is 5.16 Å². The number of hydrogen-bond donors (Lipinski definition) is 1. The van der Waals surface area contributed by atoms with Crippen LogP contribution < -0.4 is 5.32 Å². The number of aromatic nitrogens is 3. The molecule has 1 aromatic rings. The third-order valence-corrected chi connectivity index (χ3v) is 8.28. The number of aryl methyl sites for hydroxylation is 1. The largest absolute Gasteiger partial charge is 0.352 e. The highest BCUT2D eigenvalue weighted by Crippen LogP contribution is 2.61. The second-order valence-corrected chi connectivity index (χ2v) is 10.3. The summed E-state index contributed by atoms with van der Waals surface area (Å²) in [7, 11) is 0. The zero-order valence-electron chi connectivity index (χ0n) is 16.8. The molecule has 4 aliphatic carbocycles. The second kappa shape index (κ2) is 8.14. The first kappa shape index (κ1) is 19.3. The lowest BCUT2D eigenvalue weighted by atomic mass is 9.48. The number of rotatable bonds is 9. The molecule has 27 heavy (non-hydrogen) atoms. The Bertz CT molecular complexity index is 623. The van der Waals surface area contributed by atoms with Gasteiger partial charge in [0.25, 0.3) is 0 Å². The number of hydrogen-bond acceptors (Lipinski definition) is 4. The Morgan fingerprint density at radius 3 is 2.56 bits per heavy atom. The van der Waals surface area contributed by atoms with Crippen LogP contribution in [0.25, 0.3) is 0 Å². The molecule has 6 heteroatoms. The maximum absolute atomic E-state index is 12.6. The molecule has 4 fully saturated rings. The van der Waals surface area contributed by atoms with Crippen molar-refractivity contribution < 1.29 is 4.79 Å². The normalized spacial score (nSPS) is 32.6. The first-order valence-corrected chi connectivity index (χ1v) is 11.9. The fourth-order valence-corrected chi connectivity index (χ4v) is 7.07. The molecule has 150 valence electrons. The molecule has 1 amide bonds. The molecule has 4 aliphatic rings. The van der Waals surface area contributed by atoms with E-state index in [-0.39, 0.29) is 5.91 Å². The van der Waals surface area contributed by atoms with Crippen LogP contribution in [0.3, 0.4) is 0 Å². The van der Waals surface area contributed by atoms with Crippen LogP contribution >= 0.6 is 11.8 Å². The van der Waals surface area contributed by atoms with Gasteiger partial charge in [-0.1, -0.05) is 31.5 Å². The average Bonchev–Trinajstić information content (AvgIpc) is 3.06. The number of amides is 1. The maximum atomic E-state index is 12.6. The van der Waals surface area contributed by atoms with Crippen LogP contribution in [0.15, 0.2) is 11.5 Å². The van der Waals surface area contributed by atoms with Crippen molar-refractivity contribution in [1.82, 2.24) is 20.1 Å². The lowest BCUT2D eigenvalue weighted by molar-refractivity contribution is -0.123. The van der Waals surface area contributed by atoms with Gasteiger partial charge >= 0.3 is 0 Å². The summed E-state index contributed by atoms with van der Waals surface area (Å²) in [6.45, 7) is 5.40. The highest BCUT2D eigenvalue weighted by Gasteiger charge is 2.53. The second-order valence-electron chi connectivity index (χ2n) is 9.37.